The Kier molecular flexibility index (Phi) is 5.36. The molecule has 0 spiro atoms. The standard InChI is InChI=1S/C19H20N4O.ClH/c1-2-24-16-5-3-15(4-6-16)19-18(14-7-9-20-10-8-14)17-13-21-11-12-23(17)22-19;/h3-10,21H,2,11-13H2,1H3;1H. The number of hydrogen-bond acceptors (Lipinski definition) is 4. The molecule has 0 saturated carbocycles. The van der Waals surface area contributed by atoms with Crippen molar-refractivity contribution in [2.45, 2.75) is 20.0 Å². The molecule has 6 heteroatoms. The van der Waals surface area contributed by atoms with Crippen LogP contribution in [0.15, 0.2) is 48.8 Å². The fourth-order valence-corrected chi connectivity index (χ4v) is 3.15. The third kappa shape index (κ3) is 3.38. The van der Waals surface area contributed by atoms with E-state index in [4.69, 9.17) is 9.84 Å². The van der Waals surface area contributed by atoms with Crippen molar-refractivity contribution >= 4 is 12.4 Å². The van der Waals surface area contributed by atoms with Gasteiger partial charge in [0.2, 0.25) is 0 Å². The highest BCUT2D eigenvalue weighted by Gasteiger charge is 2.22. The van der Waals surface area contributed by atoms with Crippen molar-refractivity contribution in [2.24, 2.45) is 0 Å². The molecule has 0 atom stereocenters. The number of pyridine rings is 1. The van der Waals surface area contributed by atoms with Crippen LogP contribution < -0.4 is 10.1 Å². The van der Waals surface area contributed by atoms with Crippen LogP contribution in [-0.2, 0) is 13.1 Å². The van der Waals surface area contributed by atoms with E-state index in [2.05, 4.69) is 27.1 Å². The molecule has 1 aromatic carbocycles. The fraction of sp³-hybridized carbons (Fsp3) is 0.263. The van der Waals surface area contributed by atoms with Gasteiger partial charge in [-0.2, -0.15) is 5.10 Å². The van der Waals surface area contributed by atoms with Crippen molar-refractivity contribution < 1.29 is 4.74 Å². The van der Waals surface area contributed by atoms with E-state index < -0.39 is 0 Å². The zero-order valence-electron chi connectivity index (χ0n) is 14.1. The molecule has 130 valence electrons. The molecule has 25 heavy (non-hydrogen) atoms. The van der Waals surface area contributed by atoms with Crippen LogP contribution in [0.1, 0.15) is 12.6 Å². The lowest BCUT2D eigenvalue weighted by molar-refractivity contribution is 0.340. The van der Waals surface area contributed by atoms with Gasteiger partial charge >= 0.3 is 0 Å². The Morgan fingerprint density at radius 3 is 2.56 bits per heavy atom. The average Bonchev–Trinajstić information content (AvgIpc) is 3.03. The van der Waals surface area contributed by atoms with Crippen molar-refractivity contribution in [3.05, 3.63) is 54.5 Å². The van der Waals surface area contributed by atoms with E-state index in [0.717, 1.165) is 42.2 Å². The second kappa shape index (κ2) is 7.68. The van der Waals surface area contributed by atoms with Gasteiger partial charge in [0.15, 0.2) is 0 Å². The van der Waals surface area contributed by atoms with E-state index >= 15 is 0 Å². The average molecular weight is 357 g/mol. The Hall–Kier alpha value is -2.37. The first-order valence-electron chi connectivity index (χ1n) is 8.31. The second-order valence-corrected chi connectivity index (χ2v) is 5.76. The van der Waals surface area contributed by atoms with Gasteiger partial charge in [-0.3, -0.25) is 9.67 Å². The maximum atomic E-state index is 5.55. The molecule has 1 aliphatic heterocycles. The Morgan fingerprint density at radius 2 is 1.84 bits per heavy atom. The van der Waals surface area contributed by atoms with Crippen molar-refractivity contribution in [2.75, 3.05) is 13.2 Å². The summed E-state index contributed by atoms with van der Waals surface area (Å²) in [5, 5.41) is 8.33. The Morgan fingerprint density at radius 1 is 1.08 bits per heavy atom. The molecule has 3 heterocycles. The number of halogens is 1. The summed E-state index contributed by atoms with van der Waals surface area (Å²) in [4.78, 5) is 4.14. The van der Waals surface area contributed by atoms with Gasteiger partial charge < -0.3 is 10.1 Å². The SMILES string of the molecule is CCOc1ccc(-c2nn3c(c2-c2ccncc2)CNCC3)cc1.Cl. The van der Waals surface area contributed by atoms with Gasteiger partial charge in [0, 0.05) is 36.6 Å². The first-order chi connectivity index (χ1) is 11.9. The summed E-state index contributed by atoms with van der Waals surface area (Å²) < 4.78 is 7.67. The number of fused-ring (bicyclic) bond motifs is 1. The van der Waals surface area contributed by atoms with Gasteiger partial charge in [0.05, 0.1) is 18.8 Å². The van der Waals surface area contributed by atoms with Crippen LogP contribution in [0.5, 0.6) is 5.75 Å². The van der Waals surface area contributed by atoms with Crippen LogP contribution in [-0.4, -0.2) is 27.9 Å². The summed E-state index contributed by atoms with van der Waals surface area (Å²) in [5.41, 5.74) is 5.69. The predicted molar refractivity (Wildman–Crippen MR) is 101 cm³/mol. The lowest BCUT2D eigenvalue weighted by atomic mass is 9.99. The topological polar surface area (TPSA) is 52.0 Å². The van der Waals surface area contributed by atoms with Gasteiger partial charge in [0.1, 0.15) is 11.4 Å². The molecule has 4 rings (SSSR count). The minimum absolute atomic E-state index is 0. The third-order valence-corrected chi connectivity index (χ3v) is 4.26. The number of ether oxygens (including phenoxy) is 1. The third-order valence-electron chi connectivity index (χ3n) is 4.26. The molecule has 0 radical (unpaired) electrons. The van der Waals surface area contributed by atoms with Crippen molar-refractivity contribution in [3.63, 3.8) is 0 Å². The maximum Gasteiger partial charge on any atom is 0.119 e. The first-order valence-corrected chi connectivity index (χ1v) is 8.31. The van der Waals surface area contributed by atoms with E-state index in [9.17, 15) is 0 Å². The van der Waals surface area contributed by atoms with Gasteiger partial charge in [0.25, 0.3) is 0 Å². The van der Waals surface area contributed by atoms with Crippen molar-refractivity contribution in [1.82, 2.24) is 20.1 Å². The summed E-state index contributed by atoms with van der Waals surface area (Å²) in [7, 11) is 0. The summed E-state index contributed by atoms with van der Waals surface area (Å²) >= 11 is 0. The Labute approximate surface area is 153 Å². The number of rotatable bonds is 4. The summed E-state index contributed by atoms with van der Waals surface area (Å²) in [5.74, 6) is 0.886. The Balaban J connectivity index is 0.00000182. The Bertz CT molecular complexity index is 831. The smallest absolute Gasteiger partial charge is 0.119 e. The van der Waals surface area contributed by atoms with Crippen molar-refractivity contribution in [1.29, 1.82) is 0 Å². The van der Waals surface area contributed by atoms with Crippen LogP contribution in [0.4, 0.5) is 0 Å². The van der Waals surface area contributed by atoms with Gasteiger partial charge in [-0.1, -0.05) is 0 Å². The molecule has 3 aromatic rings. The minimum atomic E-state index is 0. The van der Waals surface area contributed by atoms with E-state index in [0.29, 0.717) is 6.61 Å². The molecule has 1 aliphatic rings. The van der Waals surface area contributed by atoms with E-state index in [1.807, 2.05) is 43.6 Å². The van der Waals surface area contributed by atoms with Crippen molar-refractivity contribution in [3.8, 4) is 28.1 Å². The molecular weight excluding hydrogens is 336 g/mol. The number of nitrogens with one attached hydrogen (secondary N) is 1. The minimum Gasteiger partial charge on any atom is -0.494 e. The quantitative estimate of drug-likeness (QED) is 0.777. The highest BCUT2D eigenvalue weighted by atomic mass is 35.5. The molecule has 0 saturated heterocycles. The molecular formula is C19H21ClN4O. The van der Waals surface area contributed by atoms with E-state index in [-0.39, 0.29) is 12.4 Å². The number of hydrogen-bond donors (Lipinski definition) is 1. The van der Waals surface area contributed by atoms with Crippen LogP contribution >= 0.6 is 12.4 Å². The molecule has 0 unspecified atom stereocenters. The zero-order valence-corrected chi connectivity index (χ0v) is 14.9. The first kappa shape index (κ1) is 17.5. The molecule has 5 nitrogen and oxygen atoms in total. The van der Waals surface area contributed by atoms with Gasteiger partial charge in [-0.05, 0) is 48.9 Å². The van der Waals surface area contributed by atoms with Crippen LogP contribution in [0.3, 0.4) is 0 Å². The normalized spacial score (nSPS) is 13.0. The maximum absolute atomic E-state index is 5.55. The summed E-state index contributed by atoms with van der Waals surface area (Å²) in [6.45, 7) is 5.34. The second-order valence-electron chi connectivity index (χ2n) is 5.76. The van der Waals surface area contributed by atoms with E-state index in [1.54, 1.807) is 0 Å². The number of benzene rings is 1. The molecule has 2 aromatic heterocycles. The summed E-state index contributed by atoms with van der Waals surface area (Å²) in [6, 6.07) is 12.3. The fourth-order valence-electron chi connectivity index (χ4n) is 3.15. The lowest BCUT2D eigenvalue weighted by Gasteiger charge is -2.16. The van der Waals surface area contributed by atoms with Crippen LogP contribution in [0, 0.1) is 0 Å². The zero-order chi connectivity index (χ0) is 16.4. The highest BCUT2D eigenvalue weighted by molar-refractivity contribution is 5.85. The molecule has 0 bridgehead atoms. The monoisotopic (exact) mass is 356 g/mol. The number of aromatic nitrogens is 3. The lowest BCUT2D eigenvalue weighted by Crippen LogP contribution is -2.28. The van der Waals surface area contributed by atoms with Gasteiger partial charge in [-0.25, -0.2) is 0 Å². The van der Waals surface area contributed by atoms with E-state index in [1.165, 1.54) is 11.3 Å². The molecule has 0 fully saturated rings. The molecule has 1 N–H and O–H groups in total. The predicted octanol–water partition coefficient (Wildman–Crippen LogP) is 3.54. The highest BCUT2D eigenvalue weighted by Crippen LogP contribution is 2.35. The molecule has 0 amide bonds. The number of nitrogens with zero attached hydrogens (tertiary/aromatic N) is 3. The summed E-state index contributed by atoms with van der Waals surface area (Å²) in [6.07, 6.45) is 3.66. The van der Waals surface area contributed by atoms with Gasteiger partial charge in [-0.15, -0.1) is 12.4 Å². The van der Waals surface area contributed by atoms with Crippen LogP contribution in [0.25, 0.3) is 22.4 Å². The largest absolute Gasteiger partial charge is 0.494 e. The molecule has 0 aliphatic carbocycles. The van der Waals surface area contributed by atoms with Crippen LogP contribution in [0.2, 0.25) is 0 Å².